The van der Waals surface area contributed by atoms with Crippen molar-refractivity contribution in [1.29, 1.82) is 0 Å². The standard InChI is InChI=1S/C24H28O8/c1-22(2)12-14(7-9-16-18(25)29-23(3,4)30-19(16)26)11-15(13-22)8-10-17-20(27)31-24(5,6)32-21(17)28/h7,9-11H,8,12-13H2,1-6H3. The fourth-order valence-electron chi connectivity index (χ4n) is 3.88. The molecule has 0 radical (unpaired) electrons. The van der Waals surface area contributed by atoms with E-state index in [1.165, 1.54) is 39.8 Å². The molecule has 172 valence electrons. The Kier molecular flexibility index (Phi) is 5.93. The minimum absolute atomic E-state index is 0.0991. The van der Waals surface area contributed by atoms with Gasteiger partial charge >= 0.3 is 23.9 Å². The van der Waals surface area contributed by atoms with Crippen molar-refractivity contribution in [3.63, 3.8) is 0 Å². The van der Waals surface area contributed by atoms with Crippen LogP contribution in [0.15, 0.2) is 46.6 Å². The first kappa shape index (κ1) is 23.5. The third kappa shape index (κ3) is 5.55. The average Bonchev–Trinajstić information content (AvgIpc) is 2.56. The summed E-state index contributed by atoms with van der Waals surface area (Å²) in [5.41, 5.74) is 1.48. The molecule has 0 aromatic carbocycles. The van der Waals surface area contributed by atoms with Crippen molar-refractivity contribution >= 4 is 23.9 Å². The van der Waals surface area contributed by atoms with E-state index in [0.29, 0.717) is 12.8 Å². The van der Waals surface area contributed by atoms with Crippen molar-refractivity contribution in [3.8, 4) is 0 Å². The van der Waals surface area contributed by atoms with Gasteiger partial charge in [-0.05, 0) is 36.3 Å². The van der Waals surface area contributed by atoms with E-state index < -0.39 is 35.5 Å². The van der Waals surface area contributed by atoms with E-state index in [1.54, 1.807) is 6.08 Å². The summed E-state index contributed by atoms with van der Waals surface area (Å²) in [5.74, 6) is -5.45. The van der Waals surface area contributed by atoms with Crippen LogP contribution >= 0.6 is 0 Å². The number of allylic oxidation sites excluding steroid dienone is 6. The Hall–Kier alpha value is -3.16. The van der Waals surface area contributed by atoms with Crippen LogP contribution in [0.2, 0.25) is 0 Å². The molecule has 0 saturated carbocycles. The average molecular weight is 444 g/mol. The zero-order chi connectivity index (χ0) is 23.9. The summed E-state index contributed by atoms with van der Waals surface area (Å²) in [6.45, 7) is 10.2. The van der Waals surface area contributed by atoms with Crippen molar-refractivity contribution in [2.75, 3.05) is 0 Å². The van der Waals surface area contributed by atoms with Crippen molar-refractivity contribution in [2.24, 2.45) is 5.41 Å². The summed E-state index contributed by atoms with van der Waals surface area (Å²) in [6, 6.07) is 0. The molecule has 0 amide bonds. The van der Waals surface area contributed by atoms with Gasteiger partial charge in [0.05, 0.1) is 0 Å². The van der Waals surface area contributed by atoms with Crippen LogP contribution in [0.5, 0.6) is 0 Å². The first-order valence-electron chi connectivity index (χ1n) is 10.4. The van der Waals surface area contributed by atoms with Crippen molar-refractivity contribution < 1.29 is 38.1 Å². The molecule has 1 aliphatic carbocycles. The van der Waals surface area contributed by atoms with Gasteiger partial charge in [0.2, 0.25) is 0 Å². The van der Waals surface area contributed by atoms with E-state index in [2.05, 4.69) is 13.8 Å². The number of esters is 4. The molecule has 2 aliphatic heterocycles. The van der Waals surface area contributed by atoms with Crippen LogP contribution in [0, 0.1) is 5.41 Å². The maximum atomic E-state index is 12.2. The second-order valence-electron chi connectivity index (χ2n) is 9.82. The van der Waals surface area contributed by atoms with Gasteiger partial charge in [0, 0.05) is 27.7 Å². The highest BCUT2D eigenvalue weighted by Gasteiger charge is 2.40. The predicted molar refractivity (Wildman–Crippen MR) is 112 cm³/mol. The Morgan fingerprint density at radius 3 is 1.69 bits per heavy atom. The van der Waals surface area contributed by atoms with Crippen LogP contribution in [0.25, 0.3) is 0 Å². The number of hydrogen-bond donors (Lipinski definition) is 0. The van der Waals surface area contributed by atoms with Gasteiger partial charge < -0.3 is 18.9 Å². The van der Waals surface area contributed by atoms with E-state index in [-0.39, 0.29) is 16.6 Å². The first-order chi connectivity index (χ1) is 14.7. The zero-order valence-corrected chi connectivity index (χ0v) is 19.2. The van der Waals surface area contributed by atoms with E-state index in [4.69, 9.17) is 18.9 Å². The monoisotopic (exact) mass is 444 g/mol. The molecule has 2 heterocycles. The summed E-state index contributed by atoms with van der Waals surface area (Å²) in [6.07, 6.45) is 8.36. The van der Waals surface area contributed by atoms with Crippen molar-refractivity contribution in [2.45, 2.75) is 72.4 Å². The zero-order valence-electron chi connectivity index (χ0n) is 19.2. The lowest BCUT2D eigenvalue weighted by Crippen LogP contribution is -2.41. The van der Waals surface area contributed by atoms with Crippen LogP contribution in [0.3, 0.4) is 0 Å². The van der Waals surface area contributed by atoms with Gasteiger partial charge in [0.1, 0.15) is 11.1 Å². The Labute approximate surface area is 186 Å². The third-order valence-corrected chi connectivity index (χ3v) is 5.04. The van der Waals surface area contributed by atoms with Gasteiger partial charge in [-0.25, -0.2) is 19.2 Å². The SMILES string of the molecule is CC1(C)CC(=CC=C2C(=O)OC(C)(C)OC2=O)C=C(CC=C2C(=O)OC(C)(C)OC2=O)C1. The van der Waals surface area contributed by atoms with Crippen molar-refractivity contribution in [3.05, 3.63) is 46.6 Å². The normalized spacial score (nSPS) is 25.3. The van der Waals surface area contributed by atoms with E-state index in [0.717, 1.165) is 17.6 Å². The number of carbonyl (C=O) groups is 4. The van der Waals surface area contributed by atoms with Crippen LogP contribution < -0.4 is 0 Å². The molecule has 2 fully saturated rings. The highest BCUT2D eigenvalue weighted by atomic mass is 16.7. The third-order valence-electron chi connectivity index (χ3n) is 5.04. The molecule has 32 heavy (non-hydrogen) atoms. The van der Waals surface area contributed by atoms with Gasteiger partial charge in [-0.3, -0.25) is 0 Å². The highest BCUT2D eigenvalue weighted by Crippen LogP contribution is 2.39. The summed E-state index contributed by atoms with van der Waals surface area (Å²) in [5, 5.41) is 0. The lowest BCUT2D eigenvalue weighted by atomic mass is 9.74. The molecule has 8 nitrogen and oxygen atoms in total. The molecular formula is C24H28O8. The highest BCUT2D eigenvalue weighted by molar-refractivity contribution is 6.16. The summed E-state index contributed by atoms with van der Waals surface area (Å²) < 4.78 is 20.5. The molecular weight excluding hydrogens is 416 g/mol. The lowest BCUT2D eigenvalue weighted by molar-refractivity contribution is -0.224. The second-order valence-corrected chi connectivity index (χ2v) is 9.82. The molecule has 0 aromatic rings. The molecule has 2 saturated heterocycles. The molecule has 3 rings (SSSR count). The van der Waals surface area contributed by atoms with E-state index in [1.807, 2.05) is 6.08 Å². The molecule has 0 N–H and O–H groups in total. The number of rotatable bonds is 3. The summed E-state index contributed by atoms with van der Waals surface area (Å²) in [4.78, 5) is 48.6. The largest absolute Gasteiger partial charge is 0.419 e. The molecule has 0 atom stereocenters. The fourth-order valence-corrected chi connectivity index (χ4v) is 3.88. The van der Waals surface area contributed by atoms with Crippen LogP contribution in [0.4, 0.5) is 0 Å². The van der Waals surface area contributed by atoms with Gasteiger partial charge in [-0.15, -0.1) is 0 Å². The van der Waals surface area contributed by atoms with Crippen LogP contribution in [-0.2, 0) is 38.1 Å². The van der Waals surface area contributed by atoms with Gasteiger partial charge in [-0.2, -0.15) is 0 Å². The lowest BCUT2D eigenvalue weighted by Gasteiger charge is -2.32. The second kappa shape index (κ2) is 8.07. The number of carbonyl (C=O) groups excluding carboxylic acids is 4. The topological polar surface area (TPSA) is 105 Å². The minimum atomic E-state index is -1.29. The number of ether oxygens (including phenoxy) is 4. The van der Waals surface area contributed by atoms with Gasteiger partial charge in [0.15, 0.2) is 0 Å². The summed E-state index contributed by atoms with van der Waals surface area (Å²) in [7, 11) is 0. The predicted octanol–water partition coefficient (Wildman–Crippen LogP) is 3.57. The molecule has 0 aromatic heterocycles. The minimum Gasteiger partial charge on any atom is -0.419 e. The molecule has 0 spiro atoms. The van der Waals surface area contributed by atoms with Crippen molar-refractivity contribution in [1.82, 2.24) is 0 Å². The molecule has 0 bridgehead atoms. The van der Waals surface area contributed by atoms with E-state index in [9.17, 15) is 19.2 Å². The fraction of sp³-hybridized carbons (Fsp3) is 0.500. The smallest absolute Gasteiger partial charge is 0.348 e. The van der Waals surface area contributed by atoms with Gasteiger partial charge in [-0.1, -0.05) is 37.6 Å². The molecule has 8 heteroatoms. The maximum Gasteiger partial charge on any atom is 0.348 e. The number of hydrogen-bond acceptors (Lipinski definition) is 8. The number of cyclic esters (lactones) is 4. The Morgan fingerprint density at radius 1 is 0.719 bits per heavy atom. The molecule has 0 unspecified atom stereocenters. The Balaban J connectivity index is 1.82. The quantitative estimate of drug-likeness (QED) is 0.370. The van der Waals surface area contributed by atoms with Crippen LogP contribution in [-0.4, -0.2) is 35.5 Å². The molecule has 3 aliphatic rings. The Bertz CT molecular complexity index is 957. The summed E-state index contributed by atoms with van der Waals surface area (Å²) >= 11 is 0. The first-order valence-corrected chi connectivity index (χ1v) is 10.4. The van der Waals surface area contributed by atoms with Crippen LogP contribution in [0.1, 0.15) is 60.8 Å². The Morgan fingerprint density at radius 2 is 1.19 bits per heavy atom. The van der Waals surface area contributed by atoms with E-state index >= 15 is 0 Å². The maximum absolute atomic E-state index is 12.2. The van der Waals surface area contributed by atoms with Gasteiger partial charge in [0.25, 0.3) is 11.6 Å².